The zero-order valence-electron chi connectivity index (χ0n) is 44.8. The summed E-state index contributed by atoms with van der Waals surface area (Å²) in [5.41, 5.74) is -4.07. The van der Waals surface area contributed by atoms with Gasteiger partial charge in [0.2, 0.25) is 0 Å². The molecule has 7 rings (SSSR count). The van der Waals surface area contributed by atoms with E-state index in [0.717, 1.165) is 47.7 Å². The van der Waals surface area contributed by atoms with Crippen molar-refractivity contribution >= 4 is 59.2 Å². The third-order valence-corrected chi connectivity index (χ3v) is 22.1. The lowest BCUT2D eigenvalue weighted by molar-refractivity contribution is -0.0200. The predicted octanol–water partition coefficient (Wildman–Crippen LogP) is 10.6. The van der Waals surface area contributed by atoms with Gasteiger partial charge in [-0.15, -0.1) is 9.05 Å². The Morgan fingerprint density at radius 3 is 1.59 bits per heavy atom. The van der Waals surface area contributed by atoms with Crippen LogP contribution in [0.25, 0.3) is 0 Å². The summed E-state index contributed by atoms with van der Waals surface area (Å²) in [6, 6.07) is 25.5. The number of halogens is 2. The molecule has 2 aliphatic carbocycles. The Balaban J connectivity index is 0.000000258. The van der Waals surface area contributed by atoms with Gasteiger partial charge in [0.1, 0.15) is 13.2 Å². The molecule has 5 aromatic rings. The van der Waals surface area contributed by atoms with Gasteiger partial charge < -0.3 is 10.2 Å². The fraction of sp³-hybridized carbons (Fsp3) is 0.509. The Hall–Kier alpha value is -3.67. The molecule has 2 saturated carbocycles. The van der Waals surface area contributed by atoms with Gasteiger partial charge >= 0.3 is 27.4 Å². The van der Waals surface area contributed by atoms with Crippen molar-refractivity contribution in [1.82, 2.24) is 24.2 Å². The Morgan fingerprint density at radius 1 is 0.667 bits per heavy atom. The molecular formula is C53H70F2N5O12P2S4+. The van der Waals surface area contributed by atoms with Crippen LogP contribution in [0.3, 0.4) is 0 Å². The molecule has 2 aliphatic rings. The summed E-state index contributed by atoms with van der Waals surface area (Å²) in [6.45, 7) is 15.3. The molecule has 2 unspecified atom stereocenters. The largest absolute Gasteiger partial charge is 0.697 e. The Morgan fingerprint density at radius 2 is 1.12 bits per heavy atom. The number of aliphatic hydroxyl groups excluding tert-OH is 2. The van der Waals surface area contributed by atoms with Crippen LogP contribution in [0.1, 0.15) is 97.0 Å². The van der Waals surface area contributed by atoms with Gasteiger partial charge in [-0.25, -0.2) is 28.0 Å². The van der Waals surface area contributed by atoms with E-state index in [9.17, 15) is 38.5 Å². The fourth-order valence-electron chi connectivity index (χ4n) is 8.77. The molecule has 0 radical (unpaired) electrons. The first-order chi connectivity index (χ1) is 36.7. The highest BCUT2D eigenvalue weighted by molar-refractivity contribution is 8.77. The van der Waals surface area contributed by atoms with Crippen molar-refractivity contribution in [2.45, 2.75) is 143 Å². The van der Waals surface area contributed by atoms with E-state index in [2.05, 4.69) is 56.6 Å². The average Bonchev–Trinajstić information content (AvgIpc) is 3.78. The number of hydrogen-bond donors (Lipinski definition) is 5. The molecule has 426 valence electrons. The number of alkyl halides is 2. The molecule has 10 atom stereocenters. The highest BCUT2D eigenvalue weighted by atomic mass is 33.1. The van der Waals surface area contributed by atoms with Crippen molar-refractivity contribution in [3.05, 3.63) is 162 Å². The zero-order chi connectivity index (χ0) is 57.1. The molecule has 25 heteroatoms. The number of benzene rings is 3. The van der Waals surface area contributed by atoms with Crippen molar-refractivity contribution in [1.29, 1.82) is 0 Å². The van der Waals surface area contributed by atoms with E-state index in [-0.39, 0.29) is 55.3 Å². The van der Waals surface area contributed by atoms with Crippen molar-refractivity contribution in [3.63, 3.8) is 0 Å². The SMILES string of the molecule is CC(C)(C)SSc1ccccc1CCOP(=O)(NCc1ccccc1)OC[C@H]1C[C@@H](n2ccc(=O)[nH]c2=O)[C@](C)(F)[C@@H]1O.CC(C)(C)SSc1ccccc1CCO[P+](=O)OC[C@H]1C[C@@H](n2ccc(=O)[nH]c2=O)[C@](C)(F)[C@@H]1O. The number of nitrogens with one attached hydrogen (secondary N) is 3. The highest BCUT2D eigenvalue weighted by Crippen LogP contribution is 2.51. The average molecular weight is 1200 g/mol. The lowest BCUT2D eigenvalue weighted by atomic mass is 9.98. The number of hydrogen-bond acceptors (Lipinski definition) is 16. The van der Waals surface area contributed by atoms with E-state index >= 15 is 8.78 Å². The topological polar surface area (TPSA) is 233 Å². The maximum absolute atomic E-state index is 15.8. The Labute approximate surface area is 469 Å². The minimum absolute atomic E-state index is 0.0227. The molecule has 17 nitrogen and oxygen atoms in total. The monoisotopic (exact) mass is 1200 g/mol. The molecule has 2 heterocycles. The first-order valence-electron chi connectivity index (χ1n) is 25.3. The number of aromatic amines is 2. The molecular weight excluding hydrogens is 1130 g/mol. The van der Waals surface area contributed by atoms with Gasteiger partial charge in [0.15, 0.2) is 11.3 Å². The fourth-order valence-corrected chi connectivity index (χ4v) is 15.3. The quantitative estimate of drug-likeness (QED) is 0.0302. The summed E-state index contributed by atoms with van der Waals surface area (Å²) in [7, 11) is 0.508. The number of nitrogens with zero attached hydrogens (tertiary/aromatic N) is 2. The minimum Gasteiger partial charge on any atom is -0.389 e. The molecule has 0 amide bonds. The molecule has 0 aliphatic heterocycles. The van der Waals surface area contributed by atoms with E-state index in [1.807, 2.05) is 78.9 Å². The summed E-state index contributed by atoms with van der Waals surface area (Å²) in [5.74, 6) is -1.50. The Kier molecular flexibility index (Phi) is 22.7. The predicted molar refractivity (Wildman–Crippen MR) is 307 cm³/mol. The molecule has 2 aromatic heterocycles. The van der Waals surface area contributed by atoms with Crippen LogP contribution >= 0.6 is 59.2 Å². The first-order valence-corrected chi connectivity index (χ1v) is 32.2. The second kappa shape index (κ2) is 27.9. The van der Waals surface area contributed by atoms with E-state index < -0.39 is 86.0 Å². The van der Waals surface area contributed by atoms with Crippen LogP contribution in [0.5, 0.6) is 0 Å². The van der Waals surface area contributed by atoms with Gasteiger partial charge in [-0.2, -0.15) is 0 Å². The first kappa shape index (κ1) is 63.5. The van der Waals surface area contributed by atoms with E-state index in [1.165, 1.54) is 26.2 Å². The molecule has 0 spiro atoms. The van der Waals surface area contributed by atoms with Gasteiger partial charge in [-0.05, 0) is 61.9 Å². The minimum atomic E-state index is -3.92. The van der Waals surface area contributed by atoms with E-state index in [4.69, 9.17) is 18.1 Å². The van der Waals surface area contributed by atoms with Crippen molar-refractivity contribution in [3.8, 4) is 0 Å². The standard InChI is InChI=1S/C30H39FN3O6PS2.C23H30FN2O6PS2/c1-29(2,3)43-42-24-13-9-8-12-22(24)15-17-39-41(38,32-19-21-10-6-5-7-11-21)40-20-23-18-25(30(4,31)27(23)36)34-16-14-26(35)33-28(34)37;1-22(2,3)35-34-17-8-6-5-7-15(17)10-12-31-33(30)32-14-16-13-18(23(4,24)20(16)28)26-11-9-19(27)25-21(26)29/h5-14,16,23,25,27,36H,15,17-20H2,1-4H3,(H,32,38)(H,33,35,37);5-9,11,16,18,20,28H,10,12-14H2,1-4H3/p+1/t23-,25-,27-,30+,41?;16-,18-,20-,23+/m11/s1. The van der Waals surface area contributed by atoms with Crippen LogP contribution in [-0.2, 0) is 46.6 Å². The van der Waals surface area contributed by atoms with E-state index in [1.54, 1.807) is 43.2 Å². The number of rotatable bonds is 23. The third kappa shape index (κ3) is 18.2. The van der Waals surface area contributed by atoms with Crippen molar-refractivity contribution < 1.29 is 46.2 Å². The molecule has 0 bridgehead atoms. The summed E-state index contributed by atoms with van der Waals surface area (Å²) in [5, 5.41) is 24.3. The second-order valence-electron chi connectivity index (χ2n) is 21.3. The third-order valence-electron chi connectivity index (χ3n) is 12.9. The van der Waals surface area contributed by atoms with Crippen LogP contribution in [0.15, 0.2) is 132 Å². The summed E-state index contributed by atoms with van der Waals surface area (Å²) in [4.78, 5) is 53.7. The molecule has 3 aromatic carbocycles. The zero-order valence-corrected chi connectivity index (χ0v) is 49.9. The van der Waals surface area contributed by atoms with Gasteiger partial charge in [-0.3, -0.25) is 37.7 Å². The van der Waals surface area contributed by atoms with Crippen LogP contribution in [0, 0.1) is 11.8 Å². The molecule has 0 saturated heterocycles. The number of aliphatic hydroxyl groups is 2. The summed E-state index contributed by atoms with van der Waals surface area (Å²) < 4.78 is 82.0. The second-order valence-corrected chi connectivity index (χ2v) is 30.1. The van der Waals surface area contributed by atoms with Crippen LogP contribution in [0.2, 0.25) is 0 Å². The highest BCUT2D eigenvalue weighted by Gasteiger charge is 2.55. The normalized spacial score (nSPS) is 24.3. The Bertz CT molecular complexity index is 3080. The maximum atomic E-state index is 15.8. The van der Waals surface area contributed by atoms with E-state index in [0.29, 0.717) is 12.8 Å². The van der Waals surface area contributed by atoms with Crippen LogP contribution in [-0.4, -0.2) is 88.8 Å². The van der Waals surface area contributed by atoms with Crippen molar-refractivity contribution in [2.75, 3.05) is 26.4 Å². The number of H-pyrrole nitrogens is 2. The lowest BCUT2D eigenvalue weighted by Gasteiger charge is -2.27. The summed E-state index contributed by atoms with van der Waals surface area (Å²) in [6.07, 6.45) is 0.588. The smallest absolute Gasteiger partial charge is 0.389 e. The molecule has 78 heavy (non-hydrogen) atoms. The maximum Gasteiger partial charge on any atom is 0.697 e. The van der Waals surface area contributed by atoms with Gasteiger partial charge in [0.25, 0.3) is 11.1 Å². The number of aromatic nitrogens is 4. The summed E-state index contributed by atoms with van der Waals surface area (Å²) >= 11 is 0. The van der Waals surface area contributed by atoms with Gasteiger partial charge in [-0.1, -0.05) is 151 Å². The molecule has 2 fully saturated rings. The molecule has 5 N–H and O–H groups in total. The van der Waals surface area contributed by atoms with Crippen LogP contribution < -0.4 is 27.6 Å². The van der Waals surface area contributed by atoms with Gasteiger partial charge in [0.05, 0.1) is 37.5 Å². The van der Waals surface area contributed by atoms with Gasteiger partial charge in [0, 0.05) is 73.2 Å². The van der Waals surface area contributed by atoms with Crippen molar-refractivity contribution in [2.24, 2.45) is 11.8 Å². The van der Waals surface area contributed by atoms with Crippen LogP contribution in [0.4, 0.5) is 8.78 Å². The lowest BCUT2D eigenvalue weighted by Crippen LogP contribution is -2.42.